The quantitative estimate of drug-likeness (QED) is 0.938. The van der Waals surface area contributed by atoms with Gasteiger partial charge in [-0.15, -0.1) is 0 Å². The summed E-state index contributed by atoms with van der Waals surface area (Å²) in [7, 11) is 1.91. The molecule has 19 heavy (non-hydrogen) atoms. The first kappa shape index (κ1) is 14.4. The summed E-state index contributed by atoms with van der Waals surface area (Å²) >= 11 is 12.2. The highest BCUT2D eigenvalue weighted by Gasteiger charge is 2.14. The molecule has 2 aromatic rings. The Hall–Kier alpha value is -1.03. The van der Waals surface area contributed by atoms with Crippen LogP contribution in [0.4, 0.5) is 0 Å². The van der Waals surface area contributed by atoms with E-state index in [1.165, 1.54) is 0 Å². The SMILES string of the molecule is CCc1cc(C(N)Cc2cc(Cl)ccc2Cl)n(C)n1. The first-order chi connectivity index (χ1) is 9.01. The van der Waals surface area contributed by atoms with E-state index in [2.05, 4.69) is 12.0 Å². The van der Waals surface area contributed by atoms with Crippen LogP contribution in [0, 0.1) is 0 Å². The lowest BCUT2D eigenvalue weighted by Crippen LogP contribution is -2.17. The molecule has 1 heterocycles. The molecule has 3 nitrogen and oxygen atoms in total. The topological polar surface area (TPSA) is 43.8 Å². The van der Waals surface area contributed by atoms with Crippen LogP contribution in [0.15, 0.2) is 24.3 Å². The van der Waals surface area contributed by atoms with E-state index in [9.17, 15) is 0 Å². The summed E-state index contributed by atoms with van der Waals surface area (Å²) in [6.07, 6.45) is 1.54. The number of nitrogens with two attached hydrogens (primary N) is 1. The van der Waals surface area contributed by atoms with Crippen molar-refractivity contribution in [3.63, 3.8) is 0 Å². The van der Waals surface area contributed by atoms with Crippen LogP contribution < -0.4 is 5.73 Å². The lowest BCUT2D eigenvalue weighted by atomic mass is 10.0. The fraction of sp³-hybridized carbons (Fsp3) is 0.357. The third-order valence-corrected chi connectivity index (χ3v) is 3.76. The number of aromatic nitrogens is 2. The Balaban J connectivity index is 2.22. The van der Waals surface area contributed by atoms with E-state index < -0.39 is 0 Å². The molecule has 102 valence electrons. The lowest BCUT2D eigenvalue weighted by molar-refractivity contribution is 0.614. The molecule has 2 N–H and O–H groups in total. The first-order valence-electron chi connectivity index (χ1n) is 6.23. The van der Waals surface area contributed by atoms with Gasteiger partial charge in [-0.1, -0.05) is 30.1 Å². The molecule has 0 fully saturated rings. The predicted molar refractivity (Wildman–Crippen MR) is 79.7 cm³/mol. The van der Waals surface area contributed by atoms with Crippen molar-refractivity contribution in [2.75, 3.05) is 0 Å². The van der Waals surface area contributed by atoms with Crippen LogP contribution >= 0.6 is 23.2 Å². The highest BCUT2D eigenvalue weighted by atomic mass is 35.5. The Morgan fingerprint density at radius 1 is 1.32 bits per heavy atom. The van der Waals surface area contributed by atoms with Crippen molar-refractivity contribution in [3.05, 3.63) is 51.3 Å². The van der Waals surface area contributed by atoms with Gasteiger partial charge in [0.25, 0.3) is 0 Å². The van der Waals surface area contributed by atoms with Crippen LogP contribution in [0.5, 0.6) is 0 Å². The Bertz CT molecular complexity index is 578. The monoisotopic (exact) mass is 297 g/mol. The van der Waals surface area contributed by atoms with Crippen molar-refractivity contribution in [1.29, 1.82) is 0 Å². The van der Waals surface area contributed by atoms with E-state index in [0.29, 0.717) is 16.5 Å². The summed E-state index contributed by atoms with van der Waals surface area (Å²) in [5, 5.41) is 5.77. The number of benzene rings is 1. The largest absolute Gasteiger partial charge is 0.322 e. The second-order valence-electron chi connectivity index (χ2n) is 4.58. The molecule has 0 aliphatic heterocycles. The van der Waals surface area contributed by atoms with Crippen molar-refractivity contribution in [3.8, 4) is 0 Å². The van der Waals surface area contributed by atoms with E-state index in [1.54, 1.807) is 12.1 Å². The third kappa shape index (κ3) is 3.30. The molecule has 0 saturated heterocycles. The molecule has 0 spiro atoms. The van der Waals surface area contributed by atoms with Crippen LogP contribution in [0.3, 0.4) is 0 Å². The highest BCUT2D eigenvalue weighted by molar-refractivity contribution is 6.33. The van der Waals surface area contributed by atoms with Gasteiger partial charge < -0.3 is 5.73 Å². The minimum atomic E-state index is -0.145. The number of nitrogens with zero attached hydrogens (tertiary/aromatic N) is 2. The summed E-state index contributed by atoms with van der Waals surface area (Å²) in [5.41, 5.74) is 9.27. The van der Waals surface area contributed by atoms with Gasteiger partial charge in [0, 0.05) is 17.1 Å². The van der Waals surface area contributed by atoms with E-state index >= 15 is 0 Å². The predicted octanol–water partition coefficient (Wildman–Crippen LogP) is 3.53. The van der Waals surface area contributed by atoms with Crippen molar-refractivity contribution < 1.29 is 0 Å². The maximum Gasteiger partial charge on any atom is 0.0625 e. The normalized spacial score (nSPS) is 12.7. The Morgan fingerprint density at radius 3 is 2.68 bits per heavy atom. The molecule has 1 unspecified atom stereocenters. The van der Waals surface area contributed by atoms with Crippen LogP contribution in [-0.4, -0.2) is 9.78 Å². The molecule has 1 aromatic heterocycles. The maximum absolute atomic E-state index is 6.25. The number of hydrogen-bond donors (Lipinski definition) is 1. The van der Waals surface area contributed by atoms with E-state index in [4.69, 9.17) is 28.9 Å². The van der Waals surface area contributed by atoms with Crippen molar-refractivity contribution in [2.45, 2.75) is 25.8 Å². The van der Waals surface area contributed by atoms with Gasteiger partial charge in [-0.25, -0.2) is 0 Å². The third-order valence-electron chi connectivity index (χ3n) is 3.16. The molecule has 0 aliphatic carbocycles. The van der Waals surface area contributed by atoms with Gasteiger partial charge in [0.1, 0.15) is 0 Å². The van der Waals surface area contributed by atoms with Gasteiger partial charge in [0.05, 0.1) is 17.4 Å². The number of rotatable bonds is 4. The summed E-state index contributed by atoms with van der Waals surface area (Å²) in [6, 6.07) is 7.34. The minimum absolute atomic E-state index is 0.145. The van der Waals surface area contributed by atoms with Crippen LogP contribution in [0.1, 0.15) is 29.9 Å². The average molecular weight is 298 g/mol. The molecule has 0 amide bonds. The molecule has 0 aliphatic rings. The van der Waals surface area contributed by atoms with Crippen LogP contribution in [0.2, 0.25) is 10.0 Å². The Morgan fingerprint density at radius 2 is 2.05 bits per heavy atom. The van der Waals surface area contributed by atoms with Crippen molar-refractivity contribution >= 4 is 23.2 Å². The highest BCUT2D eigenvalue weighted by Crippen LogP contribution is 2.25. The van der Waals surface area contributed by atoms with Gasteiger partial charge in [-0.05, 0) is 42.7 Å². The van der Waals surface area contributed by atoms with Crippen LogP contribution in [0.25, 0.3) is 0 Å². The zero-order valence-corrected chi connectivity index (χ0v) is 12.5. The molecule has 2 rings (SSSR count). The van der Waals surface area contributed by atoms with Crippen molar-refractivity contribution in [2.24, 2.45) is 12.8 Å². The summed E-state index contributed by atoms with van der Waals surface area (Å²) in [4.78, 5) is 0. The zero-order valence-electron chi connectivity index (χ0n) is 11.0. The molecule has 0 saturated carbocycles. The fourth-order valence-electron chi connectivity index (χ4n) is 2.10. The molecule has 0 bridgehead atoms. The van der Waals surface area contributed by atoms with Gasteiger partial charge in [0.15, 0.2) is 0 Å². The lowest BCUT2D eigenvalue weighted by Gasteiger charge is -2.13. The molecule has 0 radical (unpaired) electrons. The zero-order chi connectivity index (χ0) is 14.0. The van der Waals surface area contributed by atoms with E-state index in [1.807, 2.05) is 23.9 Å². The standard InChI is InChI=1S/C14H17Cl2N3/c1-3-11-8-14(19(2)18-11)13(17)7-9-6-10(15)4-5-12(9)16/h4-6,8,13H,3,7,17H2,1-2H3. The summed E-state index contributed by atoms with van der Waals surface area (Å²) in [6.45, 7) is 2.07. The second kappa shape index (κ2) is 5.95. The molecule has 1 aromatic carbocycles. The second-order valence-corrected chi connectivity index (χ2v) is 5.43. The van der Waals surface area contributed by atoms with Crippen molar-refractivity contribution in [1.82, 2.24) is 9.78 Å². The average Bonchev–Trinajstić information content (AvgIpc) is 2.75. The van der Waals surface area contributed by atoms with Gasteiger partial charge in [-0.2, -0.15) is 5.10 Å². The summed E-state index contributed by atoms with van der Waals surface area (Å²) in [5.74, 6) is 0. The fourth-order valence-corrected chi connectivity index (χ4v) is 2.49. The van der Waals surface area contributed by atoms with E-state index in [0.717, 1.165) is 23.4 Å². The molecule has 5 heteroatoms. The number of halogens is 2. The smallest absolute Gasteiger partial charge is 0.0625 e. The van der Waals surface area contributed by atoms with Gasteiger partial charge in [-0.3, -0.25) is 4.68 Å². The van der Waals surface area contributed by atoms with Crippen LogP contribution in [-0.2, 0) is 19.9 Å². The summed E-state index contributed by atoms with van der Waals surface area (Å²) < 4.78 is 1.84. The van der Waals surface area contributed by atoms with Gasteiger partial charge in [0.2, 0.25) is 0 Å². The Kier molecular flexibility index (Phi) is 4.50. The van der Waals surface area contributed by atoms with E-state index in [-0.39, 0.29) is 6.04 Å². The molecular weight excluding hydrogens is 281 g/mol. The minimum Gasteiger partial charge on any atom is -0.322 e. The Labute approximate surface area is 123 Å². The molecular formula is C14H17Cl2N3. The number of aryl methyl sites for hydroxylation is 2. The maximum atomic E-state index is 6.25. The number of hydrogen-bond acceptors (Lipinski definition) is 2. The van der Waals surface area contributed by atoms with Gasteiger partial charge >= 0.3 is 0 Å². The first-order valence-corrected chi connectivity index (χ1v) is 6.99. The molecule has 1 atom stereocenters.